The van der Waals surface area contributed by atoms with Crippen molar-refractivity contribution in [2.75, 3.05) is 15.5 Å². The second-order valence-electron chi connectivity index (χ2n) is 10.3. The second-order valence-corrected chi connectivity index (χ2v) is 13.0. The van der Waals surface area contributed by atoms with Gasteiger partial charge in [-0.1, -0.05) is 60.7 Å². The minimum Gasteiger partial charge on any atom is -0.319 e. The average molecular weight is 610 g/mol. The first kappa shape index (κ1) is 28.7. The van der Waals surface area contributed by atoms with Crippen molar-refractivity contribution in [1.82, 2.24) is 9.36 Å². The number of fused-ring (bicyclic) bond motifs is 2. The molecule has 0 saturated heterocycles. The molecule has 0 bridgehead atoms. The number of rotatable bonds is 6. The zero-order chi connectivity index (χ0) is 30.1. The Hall–Kier alpha value is -4.41. The van der Waals surface area contributed by atoms with E-state index in [-0.39, 0.29) is 34.5 Å². The lowest BCUT2D eigenvalue weighted by atomic mass is 10.1. The molecule has 4 aromatic rings. The highest BCUT2D eigenvalue weighted by molar-refractivity contribution is 8.00. The van der Waals surface area contributed by atoms with Gasteiger partial charge in [-0.05, 0) is 56.3 Å². The van der Waals surface area contributed by atoms with E-state index in [1.54, 1.807) is 37.3 Å². The van der Waals surface area contributed by atoms with Crippen molar-refractivity contribution in [1.29, 1.82) is 0 Å². The molecule has 2 N–H and O–H groups in total. The van der Waals surface area contributed by atoms with E-state index in [4.69, 9.17) is 0 Å². The van der Waals surface area contributed by atoms with E-state index in [0.717, 1.165) is 21.2 Å². The van der Waals surface area contributed by atoms with E-state index in [1.165, 1.54) is 16.4 Å². The number of aromatic nitrogens is 2. The molecule has 8 nitrogen and oxygen atoms in total. The molecule has 10 heteroatoms. The smallest absolute Gasteiger partial charge is 0.319 e. The summed E-state index contributed by atoms with van der Waals surface area (Å²) >= 11 is 3.12. The Balaban J connectivity index is 1.16. The molecule has 2 aliphatic rings. The van der Waals surface area contributed by atoms with Crippen molar-refractivity contribution in [3.05, 3.63) is 119 Å². The number of nitrogens with zero attached hydrogens (tertiary/aromatic N) is 3. The van der Waals surface area contributed by atoms with Crippen LogP contribution in [0.5, 0.6) is 0 Å². The molecule has 0 spiro atoms. The Bertz CT molecular complexity index is 1810. The number of urea groups is 1. The lowest BCUT2D eigenvalue weighted by Gasteiger charge is -2.40. The van der Waals surface area contributed by atoms with Gasteiger partial charge in [0.15, 0.2) is 0 Å². The van der Waals surface area contributed by atoms with Gasteiger partial charge in [0.1, 0.15) is 5.69 Å². The van der Waals surface area contributed by atoms with Crippen LogP contribution in [0.4, 0.5) is 21.9 Å². The normalized spacial score (nSPS) is 17.6. The first-order valence-electron chi connectivity index (χ1n) is 13.9. The number of amides is 3. The number of benzene rings is 3. The van der Waals surface area contributed by atoms with Crippen molar-refractivity contribution >= 4 is 52.5 Å². The van der Waals surface area contributed by atoms with Crippen LogP contribution in [-0.4, -0.2) is 37.8 Å². The standard InChI is InChI=1S/C33H31N5O3S2/c1-21-30(32(40)38(36(21)3)24-13-5-4-6-14-24)35-31(39)22(2)42-25-15-11-12-23(20-25)34-33(41)37-26-16-7-9-18-28(26)43-29-19-10-8-17-27(29)37/h4-20,22,26,28H,1-3H3,(H,34,41)(H,35,39). The van der Waals surface area contributed by atoms with E-state index in [1.807, 2.05) is 95.9 Å². The number of para-hydroxylation sites is 2. The monoisotopic (exact) mass is 609 g/mol. The third kappa shape index (κ3) is 5.68. The van der Waals surface area contributed by atoms with Crippen LogP contribution in [0.2, 0.25) is 0 Å². The third-order valence-electron chi connectivity index (χ3n) is 7.53. The number of carbonyl (C=O) groups excluding carboxylic acids is 2. The number of hydrogen-bond acceptors (Lipinski definition) is 5. The van der Waals surface area contributed by atoms with Crippen LogP contribution in [0.25, 0.3) is 5.69 Å². The van der Waals surface area contributed by atoms with E-state index in [9.17, 15) is 14.4 Å². The molecule has 218 valence electrons. The van der Waals surface area contributed by atoms with E-state index in [2.05, 4.69) is 22.8 Å². The molecule has 6 rings (SSSR count). The molecule has 1 aliphatic carbocycles. The Morgan fingerprint density at radius 1 is 0.930 bits per heavy atom. The minimum atomic E-state index is -0.499. The quantitative estimate of drug-likeness (QED) is 0.240. The summed E-state index contributed by atoms with van der Waals surface area (Å²) in [6, 6.07) is 24.4. The Morgan fingerprint density at radius 2 is 1.67 bits per heavy atom. The predicted octanol–water partition coefficient (Wildman–Crippen LogP) is 6.61. The molecule has 43 heavy (non-hydrogen) atoms. The largest absolute Gasteiger partial charge is 0.326 e. The molecule has 3 unspecified atom stereocenters. The maximum atomic E-state index is 13.7. The van der Waals surface area contributed by atoms with Crippen molar-refractivity contribution < 1.29 is 9.59 Å². The first-order valence-corrected chi connectivity index (χ1v) is 15.7. The molecule has 0 saturated carbocycles. The maximum Gasteiger partial charge on any atom is 0.326 e. The molecule has 0 radical (unpaired) electrons. The van der Waals surface area contributed by atoms with Gasteiger partial charge in [-0.3, -0.25) is 19.2 Å². The Kier molecular flexibility index (Phi) is 8.05. The van der Waals surface area contributed by atoms with Crippen LogP contribution in [-0.2, 0) is 11.8 Å². The molecule has 3 amide bonds. The van der Waals surface area contributed by atoms with Crippen molar-refractivity contribution in [3.63, 3.8) is 0 Å². The zero-order valence-electron chi connectivity index (χ0n) is 23.9. The van der Waals surface area contributed by atoms with Crippen LogP contribution >= 0.6 is 23.5 Å². The fourth-order valence-corrected chi connectivity index (χ4v) is 7.44. The summed E-state index contributed by atoms with van der Waals surface area (Å²) in [5.41, 5.74) is 2.87. The van der Waals surface area contributed by atoms with Gasteiger partial charge in [-0.15, -0.1) is 23.5 Å². The first-order chi connectivity index (χ1) is 20.8. The lowest BCUT2D eigenvalue weighted by molar-refractivity contribution is -0.115. The van der Waals surface area contributed by atoms with Gasteiger partial charge in [0.25, 0.3) is 5.56 Å². The zero-order valence-corrected chi connectivity index (χ0v) is 25.6. The summed E-state index contributed by atoms with van der Waals surface area (Å²) in [6.07, 6.45) is 8.19. The summed E-state index contributed by atoms with van der Waals surface area (Å²) in [5.74, 6) is -0.281. The van der Waals surface area contributed by atoms with Gasteiger partial charge in [0, 0.05) is 22.5 Å². The van der Waals surface area contributed by atoms with Crippen molar-refractivity contribution in [2.24, 2.45) is 7.05 Å². The van der Waals surface area contributed by atoms with E-state index >= 15 is 0 Å². The van der Waals surface area contributed by atoms with Gasteiger partial charge >= 0.3 is 6.03 Å². The Morgan fingerprint density at radius 3 is 2.49 bits per heavy atom. The molecule has 3 aromatic carbocycles. The van der Waals surface area contributed by atoms with Gasteiger partial charge < -0.3 is 10.6 Å². The highest BCUT2D eigenvalue weighted by Gasteiger charge is 2.36. The van der Waals surface area contributed by atoms with Gasteiger partial charge in [0.05, 0.1) is 33.6 Å². The third-order valence-corrected chi connectivity index (χ3v) is 9.93. The number of carbonyl (C=O) groups is 2. The van der Waals surface area contributed by atoms with Crippen LogP contribution < -0.4 is 21.1 Å². The fourth-order valence-electron chi connectivity index (χ4n) is 5.25. The predicted molar refractivity (Wildman–Crippen MR) is 176 cm³/mol. The van der Waals surface area contributed by atoms with E-state index < -0.39 is 5.25 Å². The van der Waals surface area contributed by atoms with Gasteiger partial charge in [-0.25, -0.2) is 9.48 Å². The van der Waals surface area contributed by atoms with Crippen LogP contribution in [0.3, 0.4) is 0 Å². The van der Waals surface area contributed by atoms with Gasteiger partial charge in [-0.2, -0.15) is 0 Å². The summed E-state index contributed by atoms with van der Waals surface area (Å²) in [6.45, 7) is 3.60. The summed E-state index contributed by atoms with van der Waals surface area (Å²) in [4.78, 5) is 43.8. The number of thioether (sulfide) groups is 2. The SMILES string of the molecule is Cc1c(NC(=O)C(C)Sc2cccc(NC(=O)N3c4ccccc4SC4C=CC=CC43)c2)c(=O)n(-c2ccccc2)n1C. The van der Waals surface area contributed by atoms with Crippen molar-refractivity contribution in [3.8, 4) is 5.69 Å². The number of allylic oxidation sites excluding steroid dienone is 2. The Labute approximate surface area is 258 Å². The maximum absolute atomic E-state index is 13.7. The summed E-state index contributed by atoms with van der Waals surface area (Å²) in [7, 11) is 1.79. The molecule has 1 aromatic heterocycles. The number of anilines is 3. The van der Waals surface area contributed by atoms with Crippen LogP contribution in [0.15, 0.2) is 118 Å². The topological polar surface area (TPSA) is 88.4 Å². The minimum absolute atomic E-state index is 0.0981. The van der Waals surface area contributed by atoms with Gasteiger partial charge in [0.2, 0.25) is 5.91 Å². The second kappa shape index (κ2) is 12.1. The summed E-state index contributed by atoms with van der Waals surface area (Å²) < 4.78 is 3.27. The van der Waals surface area contributed by atoms with E-state index in [0.29, 0.717) is 11.4 Å². The molecular weight excluding hydrogens is 579 g/mol. The molecule has 2 heterocycles. The number of hydrogen-bond donors (Lipinski definition) is 2. The summed E-state index contributed by atoms with van der Waals surface area (Å²) in [5, 5.41) is 5.55. The molecule has 0 fully saturated rings. The highest BCUT2D eigenvalue weighted by atomic mass is 32.2. The van der Waals surface area contributed by atoms with Crippen molar-refractivity contribution in [2.45, 2.75) is 40.2 Å². The molecule has 3 atom stereocenters. The average Bonchev–Trinajstić information content (AvgIpc) is 3.22. The highest BCUT2D eigenvalue weighted by Crippen LogP contribution is 2.43. The lowest BCUT2D eigenvalue weighted by Crippen LogP contribution is -2.49. The van der Waals surface area contributed by atoms with Crippen LogP contribution in [0, 0.1) is 6.92 Å². The fraction of sp³-hybridized carbons (Fsp3) is 0.182. The molecular formula is C33H31N5O3S2. The molecule has 1 aliphatic heterocycles. The van der Waals surface area contributed by atoms with Crippen LogP contribution in [0.1, 0.15) is 12.6 Å². The number of nitrogens with one attached hydrogen (secondary N) is 2.